The lowest BCUT2D eigenvalue weighted by Crippen LogP contribution is -2.48. The van der Waals surface area contributed by atoms with Crippen molar-refractivity contribution in [1.82, 2.24) is 9.80 Å². The van der Waals surface area contributed by atoms with E-state index >= 15 is 0 Å². The number of halogens is 6. The van der Waals surface area contributed by atoms with Gasteiger partial charge in [-0.3, -0.25) is 9.69 Å². The average Bonchev–Trinajstić information content (AvgIpc) is 2.77. The number of piperazine rings is 1. The van der Waals surface area contributed by atoms with Crippen LogP contribution in [0.2, 0.25) is 0 Å². The van der Waals surface area contributed by atoms with Crippen molar-refractivity contribution in [2.75, 3.05) is 32.8 Å². The minimum Gasteiger partial charge on any atom is -0.370 e. The van der Waals surface area contributed by atoms with Crippen LogP contribution in [0.5, 0.6) is 0 Å². The van der Waals surface area contributed by atoms with E-state index in [0.717, 1.165) is 6.07 Å². The maximum atomic E-state index is 13.9. The van der Waals surface area contributed by atoms with Gasteiger partial charge in [0.2, 0.25) is 0 Å². The third-order valence-corrected chi connectivity index (χ3v) is 5.14. The van der Waals surface area contributed by atoms with Gasteiger partial charge in [0.05, 0.1) is 6.61 Å². The van der Waals surface area contributed by atoms with Crippen molar-refractivity contribution in [3.8, 4) is 0 Å². The van der Waals surface area contributed by atoms with Crippen LogP contribution >= 0.6 is 0 Å². The quantitative estimate of drug-likeness (QED) is 0.550. The number of benzene rings is 2. The summed E-state index contributed by atoms with van der Waals surface area (Å²) in [5, 5.41) is 0. The summed E-state index contributed by atoms with van der Waals surface area (Å²) < 4.78 is 82.1. The number of ether oxygens (including phenoxy) is 1. The molecule has 2 aromatic rings. The van der Waals surface area contributed by atoms with E-state index in [1.165, 1.54) is 18.2 Å². The maximum absolute atomic E-state index is 13.9. The molecule has 10 heteroatoms. The predicted molar refractivity (Wildman–Crippen MR) is 105 cm³/mol. The monoisotopic (exact) mass is 460 g/mol. The molecule has 0 atom stereocenters. The maximum Gasteiger partial charge on any atom is 0.330 e. The number of amides is 1. The van der Waals surface area contributed by atoms with Crippen molar-refractivity contribution >= 4 is 5.91 Å². The van der Waals surface area contributed by atoms with Crippen LogP contribution in [0.25, 0.3) is 0 Å². The molecule has 1 aliphatic rings. The van der Waals surface area contributed by atoms with Crippen molar-refractivity contribution < 1.29 is 35.9 Å². The Morgan fingerprint density at radius 1 is 1.03 bits per heavy atom. The van der Waals surface area contributed by atoms with E-state index in [1.807, 2.05) is 4.90 Å². The fourth-order valence-electron chi connectivity index (χ4n) is 3.37. The highest BCUT2D eigenvalue weighted by Crippen LogP contribution is 2.23. The number of alkyl halides is 4. The van der Waals surface area contributed by atoms with Crippen LogP contribution in [-0.4, -0.2) is 60.8 Å². The Bertz CT molecular complexity index is 932. The van der Waals surface area contributed by atoms with Crippen LogP contribution in [0.4, 0.5) is 26.3 Å². The van der Waals surface area contributed by atoms with Gasteiger partial charge in [-0.05, 0) is 23.8 Å². The van der Waals surface area contributed by atoms with Crippen LogP contribution < -0.4 is 0 Å². The number of nitrogens with zero attached hydrogens (tertiary/aromatic N) is 2. The molecule has 2 aromatic carbocycles. The third kappa shape index (κ3) is 6.01. The Kier molecular flexibility index (Phi) is 7.78. The van der Waals surface area contributed by atoms with Gasteiger partial charge in [-0.25, -0.2) is 17.6 Å². The zero-order valence-corrected chi connectivity index (χ0v) is 17.0. The van der Waals surface area contributed by atoms with Crippen LogP contribution in [0.3, 0.4) is 0 Å². The highest BCUT2D eigenvalue weighted by atomic mass is 19.3. The smallest absolute Gasteiger partial charge is 0.330 e. The molecule has 1 saturated heterocycles. The molecule has 1 amide bonds. The molecular formula is C22H22F6N2O2. The van der Waals surface area contributed by atoms with Gasteiger partial charge in [-0.15, -0.1) is 0 Å². The van der Waals surface area contributed by atoms with Crippen molar-refractivity contribution in [1.29, 1.82) is 0 Å². The predicted octanol–water partition coefficient (Wildman–Crippen LogP) is 4.34. The van der Waals surface area contributed by atoms with E-state index in [4.69, 9.17) is 4.74 Å². The molecule has 32 heavy (non-hydrogen) atoms. The van der Waals surface area contributed by atoms with Crippen molar-refractivity contribution in [3.63, 3.8) is 0 Å². The normalized spacial score (nSPS) is 15.4. The van der Waals surface area contributed by atoms with E-state index in [1.54, 1.807) is 23.1 Å². The van der Waals surface area contributed by atoms with Crippen LogP contribution in [0.15, 0.2) is 42.5 Å². The lowest BCUT2D eigenvalue weighted by molar-refractivity contribution is -0.168. The Morgan fingerprint density at radius 2 is 1.72 bits per heavy atom. The van der Waals surface area contributed by atoms with E-state index in [-0.39, 0.29) is 24.6 Å². The van der Waals surface area contributed by atoms with Gasteiger partial charge >= 0.3 is 12.3 Å². The van der Waals surface area contributed by atoms with Gasteiger partial charge in [0, 0.05) is 43.9 Å². The second-order valence-electron chi connectivity index (χ2n) is 7.54. The first-order chi connectivity index (χ1) is 15.2. The molecule has 1 heterocycles. The molecule has 0 aliphatic carbocycles. The molecule has 174 valence electrons. The van der Waals surface area contributed by atoms with Gasteiger partial charge in [0.25, 0.3) is 5.91 Å². The Hall–Kier alpha value is -2.59. The number of carbonyl (C=O) groups is 1. The zero-order chi connectivity index (χ0) is 23.3. The highest BCUT2D eigenvalue weighted by molar-refractivity contribution is 5.94. The molecule has 0 unspecified atom stereocenters. The van der Waals surface area contributed by atoms with Gasteiger partial charge in [0.15, 0.2) is 11.6 Å². The first-order valence-corrected chi connectivity index (χ1v) is 9.94. The molecule has 1 fully saturated rings. The van der Waals surface area contributed by atoms with Crippen molar-refractivity contribution in [3.05, 3.63) is 70.8 Å². The summed E-state index contributed by atoms with van der Waals surface area (Å²) in [6, 6.07) is 10.1. The van der Waals surface area contributed by atoms with Crippen LogP contribution in [0.1, 0.15) is 21.5 Å². The minimum absolute atomic E-state index is 0.224. The molecular weight excluding hydrogens is 438 g/mol. The summed E-state index contributed by atoms with van der Waals surface area (Å²) in [7, 11) is 0. The van der Waals surface area contributed by atoms with E-state index in [9.17, 15) is 31.1 Å². The number of carbonyl (C=O) groups excluding carboxylic acids is 1. The van der Waals surface area contributed by atoms with Gasteiger partial charge in [-0.1, -0.05) is 24.3 Å². The van der Waals surface area contributed by atoms with Crippen LogP contribution in [0, 0.1) is 11.6 Å². The molecule has 3 rings (SSSR count). The second kappa shape index (κ2) is 10.4. The summed E-state index contributed by atoms with van der Waals surface area (Å²) in [5.41, 5.74) is 0.965. The average molecular weight is 460 g/mol. The van der Waals surface area contributed by atoms with E-state index in [2.05, 4.69) is 0 Å². The Labute approximate surface area is 181 Å². The highest BCUT2D eigenvalue weighted by Gasteiger charge is 2.40. The lowest BCUT2D eigenvalue weighted by Gasteiger charge is -2.35. The van der Waals surface area contributed by atoms with Crippen molar-refractivity contribution in [2.45, 2.75) is 25.5 Å². The Morgan fingerprint density at radius 3 is 2.41 bits per heavy atom. The summed E-state index contributed by atoms with van der Waals surface area (Å²) in [6.45, 7) is 0.142. The van der Waals surface area contributed by atoms with Gasteiger partial charge in [0.1, 0.15) is 6.61 Å². The molecule has 0 radical (unpaired) electrons. The summed E-state index contributed by atoms with van der Waals surface area (Å²) >= 11 is 0. The van der Waals surface area contributed by atoms with E-state index in [0.29, 0.717) is 37.3 Å². The fraction of sp³-hybridized carbons (Fsp3) is 0.409. The van der Waals surface area contributed by atoms with Gasteiger partial charge < -0.3 is 9.64 Å². The molecule has 4 nitrogen and oxygen atoms in total. The second-order valence-corrected chi connectivity index (χ2v) is 7.54. The molecule has 0 spiro atoms. The van der Waals surface area contributed by atoms with Crippen molar-refractivity contribution in [2.24, 2.45) is 0 Å². The zero-order valence-electron chi connectivity index (χ0n) is 17.0. The third-order valence-electron chi connectivity index (χ3n) is 5.14. The summed E-state index contributed by atoms with van der Waals surface area (Å²) in [6.07, 6.45) is -3.81. The van der Waals surface area contributed by atoms with E-state index < -0.39 is 30.6 Å². The number of hydrogen-bond donors (Lipinski definition) is 0. The molecule has 0 N–H and O–H groups in total. The molecule has 0 saturated carbocycles. The first-order valence-electron chi connectivity index (χ1n) is 9.94. The van der Waals surface area contributed by atoms with Gasteiger partial charge in [-0.2, -0.15) is 8.78 Å². The fourth-order valence-corrected chi connectivity index (χ4v) is 3.37. The minimum atomic E-state index is -4.23. The topological polar surface area (TPSA) is 32.8 Å². The number of rotatable bonds is 8. The Balaban J connectivity index is 1.52. The first kappa shape index (κ1) is 24.1. The summed E-state index contributed by atoms with van der Waals surface area (Å²) in [5.74, 6) is -6.29. The molecule has 1 aliphatic heterocycles. The molecule has 0 bridgehead atoms. The standard InChI is InChI=1S/C22H22F6N2O2/c23-18-6-2-5-17(19(18)24)12-29-7-9-30(10-8-29)20(31)16-4-1-3-15(11-16)13-32-14-22(27,28)21(25)26/h1-6,11,21H,7-10,12-14H2. The number of hydrogen-bond acceptors (Lipinski definition) is 3. The van der Waals surface area contributed by atoms with Crippen LogP contribution in [-0.2, 0) is 17.9 Å². The summed E-state index contributed by atoms with van der Waals surface area (Å²) in [4.78, 5) is 16.3. The lowest BCUT2D eigenvalue weighted by atomic mass is 10.1. The molecule has 0 aromatic heterocycles. The largest absolute Gasteiger partial charge is 0.370 e. The SMILES string of the molecule is O=C(c1cccc(COCC(F)(F)C(F)F)c1)N1CCN(Cc2cccc(F)c2F)CC1.